The average Bonchev–Trinajstić information content (AvgIpc) is 2.22. The van der Waals surface area contributed by atoms with Crippen LogP contribution in [0.25, 0.3) is 0 Å². The first-order chi connectivity index (χ1) is 7.16. The summed E-state index contributed by atoms with van der Waals surface area (Å²) in [5, 5.41) is 4.75. The van der Waals surface area contributed by atoms with Crippen molar-refractivity contribution in [2.24, 2.45) is 0 Å². The van der Waals surface area contributed by atoms with E-state index in [1.807, 2.05) is 17.8 Å². The van der Waals surface area contributed by atoms with Crippen molar-refractivity contribution in [1.82, 2.24) is 5.32 Å². The van der Waals surface area contributed by atoms with E-state index in [0.29, 0.717) is 11.4 Å². The zero-order chi connectivity index (χ0) is 10.8. The monoisotopic (exact) mass is 305 g/mol. The number of halogens is 2. The van der Waals surface area contributed by atoms with Gasteiger partial charge in [-0.1, -0.05) is 17.7 Å². The lowest BCUT2D eigenvalue weighted by Gasteiger charge is -2.28. The highest BCUT2D eigenvalue weighted by atomic mass is 79.9. The molecule has 1 heterocycles. The predicted octanol–water partition coefficient (Wildman–Crippen LogP) is 4.22. The van der Waals surface area contributed by atoms with Gasteiger partial charge in [0, 0.05) is 10.5 Å². The number of rotatable bonds is 1. The average molecular weight is 307 g/mol. The molecule has 0 aromatic heterocycles. The van der Waals surface area contributed by atoms with Gasteiger partial charge in [-0.15, -0.1) is 11.8 Å². The third kappa shape index (κ3) is 2.90. The fraction of sp³-hybridized carbons (Fsp3) is 0.455. The Kier molecular flexibility index (Phi) is 3.99. The van der Waals surface area contributed by atoms with Crippen molar-refractivity contribution < 1.29 is 0 Å². The van der Waals surface area contributed by atoms with Crippen LogP contribution in [0.15, 0.2) is 22.7 Å². The van der Waals surface area contributed by atoms with Crippen LogP contribution < -0.4 is 5.32 Å². The van der Waals surface area contributed by atoms with E-state index in [0.717, 1.165) is 9.50 Å². The standard InChI is InChI=1S/C11H13BrClNS/c1-7-4-5-15-11(14-7)8-2-3-10(13)9(12)6-8/h2-3,6-7,11,14H,4-5H2,1H3. The molecule has 0 bridgehead atoms. The molecule has 1 aliphatic heterocycles. The lowest BCUT2D eigenvalue weighted by molar-refractivity contribution is 0.512. The molecule has 1 nitrogen and oxygen atoms in total. The molecule has 82 valence electrons. The predicted molar refractivity (Wildman–Crippen MR) is 71.6 cm³/mol. The van der Waals surface area contributed by atoms with E-state index in [-0.39, 0.29) is 0 Å². The zero-order valence-electron chi connectivity index (χ0n) is 8.47. The highest BCUT2D eigenvalue weighted by molar-refractivity contribution is 9.10. The highest BCUT2D eigenvalue weighted by Gasteiger charge is 2.20. The second-order valence-corrected chi connectivity index (χ2v) is 6.26. The van der Waals surface area contributed by atoms with Crippen molar-refractivity contribution in [3.05, 3.63) is 33.3 Å². The molecule has 1 N–H and O–H groups in total. The third-order valence-electron chi connectivity index (χ3n) is 2.52. The molecule has 0 saturated carbocycles. The van der Waals surface area contributed by atoms with Crippen LogP contribution >= 0.6 is 39.3 Å². The minimum atomic E-state index is 0.405. The van der Waals surface area contributed by atoms with Crippen LogP contribution in [0.2, 0.25) is 5.02 Å². The molecule has 1 aromatic rings. The van der Waals surface area contributed by atoms with Gasteiger partial charge in [0.15, 0.2) is 0 Å². The smallest absolute Gasteiger partial charge is 0.0791 e. The van der Waals surface area contributed by atoms with Gasteiger partial charge in [-0.2, -0.15) is 0 Å². The second kappa shape index (κ2) is 5.09. The molecule has 0 radical (unpaired) electrons. The SMILES string of the molecule is CC1CCSC(c2ccc(Cl)c(Br)c2)N1. The summed E-state index contributed by atoms with van der Waals surface area (Å²) in [6, 6.07) is 6.74. The Balaban J connectivity index is 2.18. The summed E-state index contributed by atoms with van der Waals surface area (Å²) < 4.78 is 0.974. The summed E-state index contributed by atoms with van der Waals surface area (Å²) in [7, 11) is 0. The quantitative estimate of drug-likeness (QED) is 0.834. The minimum Gasteiger partial charge on any atom is -0.299 e. The van der Waals surface area contributed by atoms with Crippen LogP contribution in [0.4, 0.5) is 0 Å². The van der Waals surface area contributed by atoms with E-state index >= 15 is 0 Å². The molecule has 0 aliphatic carbocycles. The molecular weight excluding hydrogens is 294 g/mol. The fourth-order valence-corrected chi connectivity index (χ4v) is 3.53. The van der Waals surface area contributed by atoms with Crippen molar-refractivity contribution in [3.8, 4) is 0 Å². The summed E-state index contributed by atoms with van der Waals surface area (Å²) in [5.41, 5.74) is 1.29. The first kappa shape index (κ1) is 11.8. The van der Waals surface area contributed by atoms with Gasteiger partial charge in [-0.05, 0) is 52.7 Å². The van der Waals surface area contributed by atoms with Crippen LogP contribution in [0.1, 0.15) is 24.3 Å². The maximum atomic E-state index is 5.97. The first-order valence-electron chi connectivity index (χ1n) is 4.99. The Morgan fingerprint density at radius 1 is 1.53 bits per heavy atom. The molecule has 1 fully saturated rings. The Bertz CT molecular complexity index is 358. The van der Waals surface area contributed by atoms with Gasteiger partial charge in [0.25, 0.3) is 0 Å². The van der Waals surface area contributed by atoms with Crippen LogP contribution in [-0.4, -0.2) is 11.8 Å². The summed E-state index contributed by atoms with van der Waals surface area (Å²) in [4.78, 5) is 0. The lowest BCUT2D eigenvalue weighted by Crippen LogP contribution is -2.33. The Hall–Kier alpha value is 0.300. The summed E-state index contributed by atoms with van der Waals surface area (Å²) in [5.74, 6) is 1.22. The summed E-state index contributed by atoms with van der Waals surface area (Å²) in [6.45, 7) is 2.23. The van der Waals surface area contributed by atoms with E-state index < -0.39 is 0 Å². The van der Waals surface area contributed by atoms with Gasteiger partial charge in [-0.25, -0.2) is 0 Å². The van der Waals surface area contributed by atoms with Crippen LogP contribution in [0.5, 0.6) is 0 Å². The van der Waals surface area contributed by atoms with Gasteiger partial charge in [0.2, 0.25) is 0 Å². The molecule has 0 spiro atoms. The van der Waals surface area contributed by atoms with Crippen molar-refractivity contribution >= 4 is 39.3 Å². The van der Waals surface area contributed by atoms with Gasteiger partial charge >= 0.3 is 0 Å². The minimum absolute atomic E-state index is 0.405. The Morgan fingerprint density at radius 2 is 2.33 bits per heavy atom. The number of hydrogen-bond donors (Lipinski definition) is 1. The van der Waals surface area contributed by atoms with E-state index in [4.69, 9.17) is 11.6 Å². The van der Waals surface area contributed by atoms with Gasteiger partial charge < -0.3 is 0 Å². The van der Waals surface area contributed by atoms with E-state index in [9.17, 15) is 0 Å². The third-order valence-corrected chi connectivity index (χ3v) is 4.94. The molecule has 1 saturated heterocycles. The topological polar surface area (TPSA) is 12.0 Å². The normalized spacial score (nSPS) is 26.6. The lowest BCUT2D eigenvalue weighted by atomic mass is 10.2. The molecule has 4 heteroatoms. The van der Waals surface area contributed by atoms with Gasteiger partial charge in [-0.3, -0.25) is 5.32 Å². The van der Waals surface area contributed by atoms with Gasteiger partial charge in [0.05, 0.1) is 10.4 Å². The van der Waals surface area contributed by atoms with Crippen molar-refractivity contribution in [3.63, 3.8) is 0 Å². The van der Waals surface area contributed by atoms with E-state index in [1.54, 1.807) is 0 Å². The van der Waals surface area contributed by atoms with Crippen molar-refractivity contribution in [1.29, 1.82) is 0 Å². The largest absolute Gasteiger partial charge is 0.299 e. The van der Waals surface area contributed by atoms with E-state index in [2.05, 4.69) is 40.3 Å². The molecule has 2 atom stereocenters. The number of hydrogen-bond acceptors (Lipinski definition) is 2. The Labute approximate surface area is 108 Å². The molecule has 15 heavy (non-hydrogen) atoms. The van der Waals surface area contributed by atoms with E-state index in [1.165, 1.54) is 17.7 Å². The molecule has 2 unspecified atom stereocenters. The molecule has 1 aromatic carbocycles. The number of nitrogens with one attached hydrogen (secondary N) is 1. The molecule has 2 rings (SSSR count). The van der Waals surface area contributed by atoms with Crippen LogP contribution in [-0.2, 0) is 0 Å². The molecule has 0 amide bonds. The van der Waals surface area contributed by atoms with Crippen molar-refractivity contribution in [2.45, 2.75) is 24.8 Å². The first-order valence-corrected chi connectivity index (χ1v) is 7.21. The second-order valence-electron chi connectivity index (χ2n) is 3.78. The van der Waals surface area contributed by atoms with Crippen molar-refractivity contribution in [2.75, 3.05) is 5.75 Å². The zero-order valence-corrected chi connectivity index (χ0v) is 11.6. The number of benzene rings is 1. The summed E-state index contributed by atoms with van der Waals surface area (Å²) in [6.07, 6.45) is 1.25. The summed E-state index contributed by atoms with van der Waals surface area (Å²) >= 11 is 11.4. The van der Waals surface area contributed by atoms with Crippen LogP contribution in [0.3, 0.4) is 0 Å². The maximum Gasteiger partial charge on any atom is 0.0791 e. The number of thioether (sulfide) groups is 1. The maximum absolute atomic E-state index is 5.97. The molecular formula is C11H13BrClNS. The Morgan fingerprint density at radius 3 is 3.00 bits per heavy atom. The van der Waals surface area contributed by atoms with Crippen LogP contribution in [0, 0.1) is 0 Å². The van der Waals surface area contributed by atoms with Gasteiger partial charge in [0.1, 0.15) is 0 Å². The highest BCUT2D eigenvalue weighted by Crippen LogP contribution is 2.34. The fourth-order valence-electron chi connectivity index (χ4n) is 1.62. The molecule has 1 aliphatic rings.